The third-order valence-corrected chi connectivity index (χ3v) is 4.56. The summed E-state index contributed by atoms with van der Waals surface area (Å²) in [6, 6.07) is 0.769. The minimum absolute atomic E-state index is 0.769. The summed E-state index contributed by atoms with van der Waals surface area (Å²) >= 11 is 0. The second-order valence-corrected chi connectivity index (χ2v) is 5.75. The first-order valence-corrected chi connectivity index (χ1v) is 7.09. The van der Waals surface area contributed by atoms with Crippen LogP contribution in [0.3, 0.4) is 0 Å². The minimum Gasteiger partial charge on any atom is -0.314 e. The Balaban J connectivity index is 1.64. The van der Waals surface area contributed by atoms with E-state index in [0.29, 0.717) is 0 Å². The summed E-state index contributed by atoms with van der Waals surface area (Å²) < 4.78 is 0. The molecule has 1 heteroatoms. The molecule has 0 spiro atoms. The third kappa shape index (κ3) is 3.48. The lowest BCUT2D eigenvalue weighted by molar-refractivity contribution is 0.272. The smallest absolute Gasteiger partial charge is 0.00671 e. The Morgan fingerprint density at radius 2 is 1.53 bits per heavy atom. The fourth-order valence-corrected chi connectivity index (χ4v) is 3.37. The average Bonchev–Trinajstić information content (AvgIpc) is 2.80. The molecule has 0 amide bonds. The van der Waals surface area contributed by atoms with Crippen LogP contribution in [0.5, 0.6) is 0 Å². The van der Waals surface area contributed by atoms with Crippen molar-refractivity contribution in [2.45, 2.75) is 70.8 Å². The maximum absolute atomic E-state index is 3.79. The maximum Gasteiger partial charge on any atom is 0.00671 e. The number of hydrogen-bond donors (Lipinski definition) is 1. The highest BCUT2D eigenvalue weighted by Crippen LogP contribution is 2.27. The summed E-state index contributed by atoms with van der Waals surface area (Å²) in [5.41, 5.74) is 0. The molecule has 0 aromatic rings. The molecular formula is C14H27N. The van der Waals surface area contributed by atoms with E-state index < -0.39 is 0 Å². The van der Waals surface area contributed by atoms with Crippen LogP contribution in [0.1, 0.15) is 64.7 Å². The molecule has 0 radical (unpaired) electrons. The summed E-state index contributed by atoms with van der Waals surface area (Å²) in [5, 5.41) is 3.79. The molecule has 1 N–H and O–H groups in total. The van der Waals surface area contributed by atoms with Crippen LogP contribution in [-0.2, 0) is 0 Å². The Labute approximate surface area is 95.0 Å². The van der Waals surface area contributed by atoms with E-state index in [4.69, 9.17) is 0 Å². The Morgan fingerprint density at radius 3 is 2.20 bits per heavy atom. The SMILES string of the molecule is C[C@H](NCC1CCCC1)C1CCCCC1. The summed E-state index contributed by atoms with van der Waals surface area (Å²) in [6.07, 6.45) is 13.3. The lowest BCUT2D eigenvalue weighted by Crippen LogP contribution is -2.37. The number of hydrogen-bond acceptors (Lipinski definition) is 1. The van der Waals surface area contributed by atoms with Gasteiger partial charge in [0.05, 0.1) is 0 Å². The molecule has 2 aliphatic rings. The van der Waals surface area contributed by atoms with Crippen molar-refractivity contribution in [2.75, 3.05) is 6.54 Å². The van der Waals surface area contributed by atoms with Crippen LogP contribution >= 0.6 is 0 Å². The Kier molecular flexibility index (Phi) is 4.49. The van der Waals surface area contributed by atoms with Crippen molar-refractivity contribution in [3.05, 3.63) is 0 Å². The molecule has 0 aliphatic heterocycles. The van der Waals surface area contributed by atoms with E-state index in [1.807, 2.05) is 0 Å². The van der Waals surface area contributed by atoms with Gasteiger partial charge in [0.25, 0.3) is 0 Å². The standard InChI is InChI=1S/C14H27N/c1-12(14-9-3-2-4-10-14)15-11-13-7-5-6-8-13/h12-15H,2-11H2,1H3/t12-/m0/s1. The first-order valence-electron chi connectivity index (χ1n) is 7.09. The van der Waals surface area contributed by atoms with Crippen molar-refractivity contribution >= 4 is 0 Å². The van der Waals surface area contributed by atoms with Gasteiger partial charge in [-0.2, -0.15) is 0 Å². The van der Waals surface area contributed by atoms with Crippen LogP contribution in [0, 0.1) is 11.8 Å². The summed E-state index contributed by atoms with van der Waals surface area (Å²) in [4.78, 5) is 0. The van der Waals surface area contributed by atoms with E-state index in [9.17, 15) is 0 Å². The van der Waals surface area contributed by atoms with Gasteiger partial charge in [0.15, 0.2) is 0 Å². The van der Waals surface area contributed by atoms with Gasteiger partial charge in [-0.3, -0.25) is 0 Å². The second-order valence-electron chi connectivity index (χ2n) is 5.75. The normalized spacial score (nSPS) is 27.0. The number of rotatable bonds is 4. The fraction of sp³-hybridized carbons (Fsp3) is 1.00. The van der Waals surface area contributed by atoms with Crippen LogP contribution < -0.4 is 5.32 Å². The first kappa shape index (κ1) is 11.4. The van der Waals surface area contributed by atoms with Gasteiger partial charge < -0.3 is 5.32 Å². The summed E-state index contributed by atoms with van der Waals surface area (Å²) in [5.74, 6) is 1.97. The number of nitrogens with one attached hydrogen (secondary N) is 1. The molecule has 0 aromatic carbocycles. The predicted octanol–water partition coefficient (Wildman–Crippen LogP) is 3.74. The molecule has 15 heavy (non-hydrogen) atoms. The topological polar surface area (TPSA) is 12.0 Å². The molecule has 1 atom stereocenters. The van der Waals surface area contributed by atoms with Crippen LogP contribution in [-0.4, -0.2) is 12.6 Å². The largest absolute Gasteiger partial charge is 0.314 e. The molecule has 1 nitrogen and oxygen atoms in total. The molecule has 2 fully saturated rings. The predicted molar refractivity (Wildman–Crippen MR) is 66.0 cm³/mol. The van der Waals surface area contributed by atoms with E-state index in [-0.39, 0.29) is 0 Å². The van der Waals surface area contributed by atoms with Crippen molar-refractivity contribution in [2.24, 2.45) is 11.8 Å². The van der Waals surface area contributed by atoms with Gasteiger partial charge in [0.1, 0.15) is 0 Å². The van der Waals surface area contributed by atoms with Crippen molar-refractivity contribution in [1.29, 1.82) is 0 Å². The molecule has 0 saturated heterocycles. The van der Waals surface area contributed by atoms with E-state index in [1.165, 1.54) is 64.3 Å². The fourth-order valence-electron chi connectivity index (χ4n) is 3.37. The zero-order valence-electron chi connectivity index (χ0n) is 10.3. The Hall–Kier alpha value is -0.0400. The van der Waals surface area contributed by atoms with Gasteiger partial charge in [-0.1, -0.05) is 32.1 Å². The van der Waals surface area contributed by atoms with Gasteiger partial charge >= 0.3 is 0 Å². The van der Waals surface area contributed by atoms with Crippen LogP contribution in [0.25, 0.3) is 0 Å². The van der Waals surface area contributed by atoms with Gasteiger partial charge in [-0.25, -0.2) is 0 Å². The molecule has 2 saturated carbocycles. The lowest BCUT2D eigenvalue weighted by atomic mass is 9.84. The van der Waals surface area contributed by atoms with Gasteiger partial charge in [0, 0.05) is 6.04 Å². The Bertz CT molecular complexity index is 166. The molecule has 0 heterocycles. The summed E-state index contributed by atoms with van der Waals surface area (Å²) in [7, 11) is 0. The first-order chi connectivity index (χ1) is 7.36. The van der Waals surface area contributed by atoms with Crippen molar-refractivity contribution < 1.29 is 0 Å². The maximum atomic E-state index is 3.79. The van der Waals surface area contributed by atoms with Crippen molar-refractivity contribution in [3.63, 3.8) is 0 Å². The highest BCUT2D eigenvalue weighted by Gasteiger charge is 2.21. The summed E-state index contributed by atoms with van der Waals surface area (Å²) in [6.45, 7) is 3.70. The molecule has 0 aromatic heterocycles. The lowest BCUT2D eigenvalue weighted by Gasteiger charge is -2.29. The second kappa shape index (κ2) is 5.89. The molecular weight excluding hydrogens is 182 g/mol. The molecule has 0 unspecified atom stereocenters. The Morgan fingerprint density at radius 1 is 0.933 bits per heavy atom. The van der Waals surface area contributed by atoms with Crippen LogP contribution in [0.2, 0.25) is 0 Å². The van der Waals surface area contributed by atoms with E-state index >= 15 is 0 Å². The van der Waals surface area contributed by atoms with Gasteiger partial charge in [0.2, 0.25) is 0 Å². The molecule has 2 rings (SSSR count). The highest BCUT2D eigenvalue weighted by atomic mass is 14.9. The average molecular weight is 209 g/mol. The van der Waals surface area contributed by atoms with E-state index in [1.54, 1.807) is 0 Å². The van der Waals surface area contributed by atoms with E-state index in [2.05, 4.69) is 12.2 Å². The van der Waals surface area contributed by atoms with Crippen molar-refractivity contribution in [1.82, 2.24) is 5.32 Å². The molecule has 2 aliphatic carbocycles. The van der Waals surface area contributed by atoms with Crippen LogP contribution in [0.4, 0.5) is 0 Å². The quantitative estimate of drug-likeness (QED) is 0.744. The zero-order valence-corrected chi connectivity index (χ0v) is 10.3. The van der Waals surface area contributed by atoms with Gasteiger partial charge in [-0.05, 0) is 51.0 Å². The van der Waals surface area contributed by atoms with E-state index in [0.717, 1.165) is 17.9 Å². The zero-order chi connectivity index (χ0) is 10.5. The highest BCUT2D eigenvalue weighted by molar-refractivity contribution is 4.78. The molecule has 88 valence electrons. The van der Waals surface area contributed by atoms with Gasteiger partial charge in [-0.15, -0.1) is 0 Å². The van der Waals surface area contributed by atoms with Crippen LogP contribution in [0.15, 0.2) is 0 Å². The minimum atomic E-state index is 0.769. The molecule has 0 bridgehead atoms. The monoisotopic (exact) mass is 209 g/mol. The van der Waals surface area contributed by atoms with Crippen molar-refractivity contribution in [3.8, 4) is 0 Å². The third-order valence-electron chi connectivity index (χ3n) is 4.56.